The number of amides is 1. The van der Waals surface area contributed by atoms with Gasteiger partial charge >= 0.3 is 0 Å². The van der Waals surface area contributed by atoms with Gasteiger partial charge in [0.05, 0.1) is 17.1 Å². The number of carbonyl (C=O) groups excluding carboxylic acids is 1. The number of sulfonamides is 1. The molecule has 0 unspecified atom stereocenters. The van der Waals surface area contributed by atoms with Gasteiger partial charge in [-0.15, -0.1) is 0 Å². The first kappa shape index (κ1) is 22.9. The molecule has 0 heterocycles. The van der Waals surface area contributed by atoms with Crippen molar-refractivity contribution in [3.63, 3.8) is 0 Å². The second kappa shape index (κ2) is 11.0. The fraction of sp³-hybridized carbons (Fsp3) is 0.409. The number of carbonyl (C=O) groups is 1. The number of rotatable bonds is 11. The van der Waals surface area contributed by atoms with Gasteiger partial charge in [-0.1, -0.05) is 32.9 Å². The van der Waals surface area contributed by atoms with E-state index in [0.29, 0.717) is 36.7 Å². The zero-order chi connectivity index (χ0) is 21.3. The van der Waals surface area contributed by atoms with E-state index in [1.807, 2.05) is 26.8 Å². The topological polar surface area (TPSA) is 75.7 Å². The van der Waals surface area contributed by atoms with Gasteiger partial charge in [0, 0.05) is 18.8 Å². The molecule has 0 saturated heterocycles. The number of hydrogen-bond acceptors (Lipinski definition) is 4. The van der Waals surface area contributed by atoms with Crippen molar-refractivity contribution in [3.8, 4) is 5.75 Å². The summed E-state index contributed by atoms with van der Waals surface area (Å²) in [5, 5.41) is 2.81. The molecule has 0 atom stereocenters. The van der Waals surface area contributed by atoms with Crippen LogP contribution in [0.5, 0.6) is 5.75 Å². The van der Waals surface area contributed by atoms with E-state index in [0.717, 1.165) is 19.3 Å². The van der Waals surface area contributed by atoms with Crippen LogP contribution in [0.3, 0.4) is 0 Å². The molecule has 0 spiro atoms. The minimum absolute atomic E-state index is 0.226. The minimum Gasteiger partial charge on any atom is -0.493 e. The fourth-order valence-corrected chi connectivity index (χ4v) is 4.52. The van der Waals surface area contributed by atoms with Crippen molar-refractivity contribution in [3.05, 3.63) is 54.1 Å². The number of nitrogens with zero attached hydrogens (tertiary/aromatic N) is 1. The Balaban J connectivity index is 2.16. The van der Waals surface area contributed by atoms with Crippen LogP contribution >= 0.6 is 0 Å². The molecule has 2 aromatic carbocycles. The molecule has 158 valence electrons. The zero-order valence-corrected chi connectivity index (χ0v) is 18.2. The molecular weight excluding hydrogens is 388 g/mol. The number of anilines is 1. The molecule has 1 amide bonds. The van der Waals surface area contributed by atoms with E-state index in [1.54, 1.807) is 30.3 Å². The van der Waals surface area contributed by atoms with E-state index < -0.39 is 10.0 Å². The van der Waals surface area contributed by atoms with Crippen molar-refractivity contribution >= 4 is 21.6 Å². The van der Waals surface area contributed by atoms with E-state index in [2.05, 4.69) is 5.32 Å². The van der Waals surface area contributed by atoms with Crippen molar-refractivity contribution in [2.24, 2.45) is 0 Å². The Morgan fingerprint density at radius 1 is 0.931 bits per heavy atom. The molecule has 0 saturated carbocycles. The summed E-state index contributed by atoms with van der Waals surface area (Å²) in [5.74, 6) is 0.228. The van der Waals surface area contributed by atoms with E-state index in [-0.39, 0.29) is 10.8 Å². The fourth-order valence-electron chi connectivity index (χ4n) is 2.90. The molecule has 1 N–H and O–H groups in total. The Morgan fingerprint density at radius 2 is 1.55 bits per heavy atom. The Morgan fingerprint density at radius 3 is 2.14 bits per heavy atom. The SMILES string of the molecule is CCCOc1ccccc1C(=O)Nc1ccc(S(=O)(=O)N(CCC)CCC)cc1. The summed E-state index contributed by atoms with van der Waals surface area (Å²) >= 11 is 0. The quantitative estimate of drug-likeness (QED) is 0.581. The van der Waals surface area contributed by atoms with Crippen molar-refractivity contribution in [2.75, 3.05) is 25.0 Å². The first-order valence-corrected chi connectivity index (χ1v) is 11.5. The third kappa shape index (κ3) is 6.05. The molecule has 2 aromatic rings. The lowest BCUT2D eigenvalue weighted by Crippen LogP contribution is -2.32. The number of nitrogens with one attached hydrogen (secondary N) is 1. The lowest BCUT2D eigenvalue weighted by Gasteiger charge is -2.21. The van der Waals surface area contributed by atoms with E-state index in [4.69, 9.17) is 4.74 Å². The molecule has 0 fully saturated rings. The number of benzene rings is 2. The third-order valence-electron chi connectivity index (χ3n) is 4.29. The first-order chi connectivity index (χ1) is 13.9. The second-order valence-corrected chi connectivity index (χ2v) is 8.67. The van der Waals surface area contributed by atoms with Gasteiger partial charge in [-0.05, 0) is 55.7 Å². The van der Waals surface area contributed by atoms with Gasteiger partial charge in [-0.2, -0.15) is 4.31 Å². The summed E-state index contributed by atoms with van der Waals surface area (Å²) in [6, 6.07) is 13.3. The highest BCUT2D eigenvalue weighted by atomic mass is 32.2. The number of para-hydroxylation sites is 1. The molecule has 0 aliphatic heterocycles. The predicted molar refractivity (Wildman–Crippen MR) is 116 cm³/mol. The highest BCUT2D eigenvalue weighted by Crippen LogP contribution is 2.22. The zero-order valence-electron chi connectivity index (χ0n) is 17.3. The maximum atomic E-state index is 12.8. The van der Waals surface area contributed by atoms with Crippen molar-refractivity contribution < 1.29 is 17.9 Å². The minimum atomic E-state index is -3.54. The summed E-state index contributed by atoms with van der Waals surface area (Å²) in [6.07, 6.45) is 2.36. The van der Waals surface area contributed by atoms with Gasteiger partial charge in [-0.25, -0.2) is 8.42 Å². The normalized spacial score (nSPS) is 11.4. The van der Waals surface area contributed by atoms with Crippen molar-refractivity contribution in [2.45, 2.75) is 44.9 Å². The van der Waals surface area contributed by atoms with Gasteiger partial charge in [0.25, 0.3) is 5.91 Å². The molecule has 29 heavy (non-hydrogen) atoms. The van der Waals surface area contributed by atoms with E-state index >= 15 is 0 Å². The van der Waals surface area contributed by atoms with Crippen LogP contribution in [0.4, 0.5) is 5.69 Å². The Bertz CT molecular complexity index is 889. The summed E-state index contributed by atoms with van der Waals surface area (Å²) in [6.45, 7) is 7.42. The Labute approximate surface area is 173 Å². The summed E-state index contributed by atoms with van der Waals surface area (Å²) in [5.41, 5.74) is 0.964. The van der Waals surface area contributed by atoms with Crippen LogP contribution in [0.15, 0.2) is 53.4 Å². The van der Waals surface area contributed by atoms with Crippen LogP contribution in [0.2, 0.25) is 0 Å². The van der Waals surface area contributed by atoms with E-state index in [1.165, 1.54) is 16.4 Å². The first-order valence-electron chi connectivity index (χ1n) is 10.1. The molecule has 0 radical (unpaired) electrons. The standard InChI is InChI=1S/C22H30N2O4S/c1-4-15-24(16-5-2)29(26,27)19-13-11-18(12-14-19)23-22(25)20-9-7-8-10-21(20)28-17-6-3/h7-14H,4-6,15-17H2,1-3H3,(H,23,25). The Hall–Kier alpha value is -2.38. The predicted octanol–water partition coefficient (Wildman–Crippen LogP) is 4.54. The Kier molecular flexibility index (Phi) is 8.67. The molecular formula is C22H30N2O4S. The largest absolute Gasteiger partial charge is 0.493 e. The monoisotopic (exact) mass is 418 g/mol. The summed E-state index contributed by atoms with van der Waals surface area (Å²) in [7, 11) is -3.54. The van der Waals surface area contributed by atoms with Crippen LogP contribution in [-0.4, -0.2) is 38.3 Å². The third-order valence-corrected chi connectivity index (χ3v) is 6.20. The number of hydrogen-bond donors (Lipinski definition) is 1. The lowest BCUT2D eigenvalue weighted by atomic mass is 10.2. The molecule has 0 aromatic heterocycles. The van der Waals surface area contributed by atoms with Gasteiger partial charge < -0.3 is 10.1 Å². The van der Waals surface area contributed by atoms with Crippen LogP contribution in [-0.2, 0) is 10.0 Å². The van der Waals surface area contributed by atoms with Gasteiger partial charge in [0.15, 0.2) is 0 Å². The number of ether oxygens (including phenoxy) is 1. The summed E-state index contributed by atoms with van der Waals surface area (Å²) < 4.78 is 32.8. The van der Waals surface area contributed by atoms with Gasteiger partial charge in [-0.3, -0.25) is 4.79 Å². The molecule has 0 aliphatic carbocycles. The summed E-state index contributed by atoms with van der Waals surface area (Å²) in [4.78, 5) is 12.9. The average molecular weight is 419 g/mol. The van der Waals surface area contributed by atoms with Crippen molar-refractivity contribution in [1.82, 2.24) is 4.31 Å². The highest BCUT2D eigenvalue weighted by Gasteiger charge is 2.23. The maximum absolute atomic E-state index is 12.8. The highest BCUT2D eigenvalue weighted by molar-refractivity contribution is 7.89. The van der Waals surface area contributed by atoms with E-state index in [9.17, 15) is 13.2 Å². The van der Waals surface area contributed by atoms with Crippen LogP contribution < -0.4 is 10.1 Å². The molecule has 0 bridgehead atoms. The molecule has 2 rings (SSSR count). The maximum Gasteiger partial charge on any atom is 0.259 e. The molecule has 6 nitrogen and oxygen atoms in total. The van der Waals surface area contributed by atoms with Crippen molar-refractivity contribution in [1.29, 1.82) is 0 Å². The lowest BCUT2D eigenvalue weighted by molar-refractivity contribution is 0.102. The molecule has 7 heteroatoms. The van der Waals surface area contributed by atoms with Crippen LogP contribution in [0, 0.1) is 0 Å². The van der Waals surface area contributed by atoms with Gasteiger partial charge in [0.1, 0.15) is 5.75 Å². The molecule has 0 aliphatic rings. The van der Waals surface area contributed by atoms with Crippen LogP contribution in [0.1, 0.15) is 50.4 Å². The van der Waals surface area contributed by atoms with Crippen LogP contribution in [0.25, 0.3) is 0 Å². The van der Waals surface area contributed by atoms with Gasteiger partial charge in [0.2, 0.25) is 10.0 Å². The average Bonchev–Trinajstić information content (AvgIpc) is 2.72. The smallest absolute Gasteiger partial charge is 0.259 e. The second-order valence-electron chi connectivity index (χ2n) is 6.73.